The first-order chi connectivity index (χ1) is 10.7. The first kappa shape index (κ1) is 17.3. The van der Waals surface area contributed by atoms with E-state index in [0.29, 0.717) is 30.7 Å². The molecule has 0 spiro atoms. The van der Waals surface area contributed by atoms with Crippen molar-refractivity contribution in [2.75, 3.05) is 13.6 Å². The topological polar surface area (TPSA) is 54.7 Å². The van der Waals surface area contributed by atoms with Gasteiger partial charge in [-0.3, -0.25) is 14.0 Å². The third kappa shape index (κ3) is 4.26. The van der Waals surface area contributed by atoms with E-state index in [4.69, 9.17) is 0 Å². The van der Waals surface area contributed by atoms with Gasteiger partial charge < -0.3 is 4.90 Å². The molecule has 0 bridgehead atoms. The Morgan fingerprint density at radius 2 is 2.04 bits per heavy atom. The molecule has 124 valence electrons. The number of rotatable bonds is 5. The van der Waals surface area contributed by atoms with E-state index in [1.54, 1.807) is 23.7 Å². The number of aromatic nitrogens is 2. The Labute approximate surface area is 137 Å². The molecule has 0 aliphatic carbocycles. The average molecular weight is 315 g/mol. The summed E-state index contributed by atoms with van der Waals surface area (Å²) in [7, 11) is 1.90. The predicted molar refractivity (Wildman–Crippen MR) is 91.8 cm³/mol. The van der Waals surface area contributed by atoms with Crippen LogP contribution in [0.2, 0.25) is 0 Å². The van der Waals surface area contributed by atoms with Crippen molar-refractivity contribution in [3.63, 3.8) is 0 Å². The number of fused-ring (bicyclic) bond motifs is 1. The summed E-state index contributed by atoms with van der Waals surface area (Å²) < 4.78 is 1.59. The van der Waals surface area contributed by atoms with E-state index >= 15 is 0 Å². The lowest BCUT2D eigenvalue weighted by Gasteiger charge is -2.19. The molecule has 0 saturated heterocycles. The van der Waals surface area contributed by atoms with Crippen LogP contribution < -0.4 is 5.56 Å². The largest absolute Gasteiger partial charge is 0.301 e. The SMILES string of the molecule is CC(=O)CCN(C)Cc1cnc2cc(C(C)(C)C)ccn2c1=O. The third-order valence-corrected chi connectivity index (χ3v) is 3.93. The van der Waals surface area contributed by atoms with Gasteiger partial charge >= 0.3 is 0 Å². The van der Waals surface area contributed by atoms with Crippen LogP contribution in [0.25, 0.3) is 5.65 Å². The molecule has 0 unspecified atom stereocenters. The van der Waals surface area contributed by atoms with E-state index < -0.39 is 0 Å². The minimum Gasteiger partial charge on any atom is -0.301 e. The number of hydrogen-bond donors (Lipinski definition) is 0. The molecule has 0 atom stereocenters. The highest BCUT2D eigenvalue weighted by molar-refractivity contribution is 5.75. The van der Waals surface area contributed by atoms with Gasteiger partial charge in [0.2, 0.25) is 0 Å². The van der Waals surface area contributed by atoms with Gasteiger partial charge in [-0.15, -0.1) is 0 Å². The van der Waals surface area contributed by atoms with Crippen LogP contribution in [-0.2, 0) is 16.8 Å². The molecular weight excluding hydrogens is 290 g/mol. The van der Waals surface area contributed by atoms with Crippen LogP contribution in [0.1, 0.15) is 45.2 Å². The lowest BCUT2D eigenvalue weighted by Crippen LogP contribution is -2.27. The average Bonchev–Trinajstić information content (AvgIpc) is 2.47. The second kappa shape index (κ2) is 6.62. The predicted octanol–water partition coefficient (Wildman–Crippen LogP) is 2.40. The minimum absolute atomic E-state index is 0.0189. The summed E-state index contributed by atoms with van der Waals surface area (Å²) in [5.41, 5.74) is 2.42. The maximum Gasteiger partial charge on any atom is 0.262 e. The maximum absolute atomic E-state index is 12.6. The fraction of sp³-hybridized carbons (Fsp3) is 0.500. The summed E-state index contributed by atoms with van der Waals surface area (Å²) in [4.78, 5) is 30.0. The normalized spacial score (nSPS) is 12.1. The summed E-state index contributed by atoms with van der Waals surface area (Å²) >= 11 is 0. The second-order valence-electron chi connectivity index (χ2n) is 7.17. The van der Waals surface area contributed by atoms with Gasteiger partial charge in [0.15, 0.2) is 0 Å². The molecule has 2 rings (SSSR count). The van der Waals surface area contributed by atoms with E-state index in [1.165, 1.54) is 0 Å². The highest BCUT2D eigenvalue weighted by atomic mass is 16.1. The first-order valence-corrected chi connectivity index (χ1v) is 7.87. The number of ketones is 1. The van der Waals surface area contributed by atoms with Crippen LogP contribution in [0.15, 0.2) is 29.3 Å². The van der Waals surface area contributed by atoms with E-state index in [0.717, 1.165) is 5.56 Å². The van der Waals surface area contributed by atoms with Crippen molar-refractivity contribution in [1.29, 1.82) is 0 Å². The summed E-state index contributed by atoms with van der Waals surface area (Å²) in [5, 5.41) is 0. The quantitative estimate of drug-likeness (QED) is 0.850. The molecule has 23 heavy (non-hydrogen) atoms. The molecule has 0 radical (unpaired) electrons. The first-order valence-electron chi connectivity index (χ1n) is 7.87. The van der Waals surface area contributed by atoms with Crippen molar-refractivity contribution in [2.24, 2.45) is 0 Å². The van der Waals surface area contributed by atoms with Crippen molar-refractivity contribution in [2.45, 2.75) is 46.1 Å². The van der Waals surface area contributed by atoms with Crippen LogP contribution in [0.5, 0.6) is 0 Å². The van der Waals surface area contributed by atoms with Gasteiger partial charge in [0.25, 0.3) is 5.56 Å². The van der Waals surface area contributed by atoms with E-state index in [9.17, 15) is 9.59 Å². The molecule has 5 nitrogen and oxygen atoms in total. The van der Waals surface area contributed by atoms with Gasteiger partial charge in [-0.25, -0.2) is 4.98 Å². The number of nitrogens with zero attached hydrogens (tertiary/aromatic N) is 3. The lowest BCUT2D eigenvalue weighted by molar-refractivity contribution is -0.117. The van der Waals surface area contributed by atoms with Crippen LogP contribution >= 0.6 is 0 Å². The fourth-order valence-electron chi connectivity index (χ4n) is 2.41. The number of Topliss-reactive ketones (excluding diaryl/α,β-unsaturated/α-hetero) is 1. The van der Waals surface area contributed by atoms with Crippen LogP contribution in [0.4, 0.5) is 0 Å². The number of hydrogen-bond acceptors (Lipinski definition) is 4. The zero-order chi connectivity index (χ0) is 17.2. The summed E-state index contributed by atoms with van der Waals surface area (Å²) in [6.45, 7) is 9.11. The van der Waals surface area contributed by atoms with E-state index in [2.05, 4.69) is 25.8 Å². The number of pyridine rings is 1. The van der Waals surface area contributed by atoms with Gasteiger partial charge in [-0.2, -0.15) is 0 Å². The molecule has 2 aromatic heterocycles. The summed E-state index contributed by atoms with van der Waals surface area (Å²) in [5.74, 6) is 0.153. The summed E-state index contributed by atoms with van der Waals surface area (Å²) in [6, 6.07) is 3.93. The summed E-state index contributed by atoms with van der Waals surface area (Å²) in [6.07, 6.45) is 3.94. The molecule has 0 fully saturated rings. The molecular formula is C18H25N3O2. The highest BCUT2D eigenvalue weighted by Gasteiger charge is 2.15. The fourth-order valence-corrected chi connectivity index (χ4v) is 2.41. The van der Waals surface area contributed by atoms with Crippen LogP contribution in [0, 0.1) is 0 Å². The van der Waals surface area contributed by atoms with Crippen LogP contribution in [0.3, 0.4) is 0 Å². The van der Waals surface area contributed by atoms with Crippen molar-refractivity contribution in [3.8, 4) is 0 Å². The minimum atomic E-state index is -0.0508. The monoisotopic (exact) mass is 315 g/mol. The Morgan fingerprint density at radius 1 is 1.35 bits per heavy atom. The van der Waals surface area contributed by atoms with E-state index in [1.807, 2.05) is 24.1 Å². The molecule has 2 aromatic rings. The number of carbonyl (C=O) groups excluding carboxylic acids is 1. The van der Waals surface area contributed by atoms with Crippen molar-refractivity contribution >= 4 is 11.4 Å². The Bertz CT molecular complexity index is 772. The Morgan fingerprint density at radius 3 is 2.65 bits per heavy atom. The Hall–Kier alpha value is -2.01. The molecule has 5 heteroatoms. The van der Waals surface area contributed by atoms with Crippen LogP contribution in [-0.4, -0.2) is 33.7 Å². The van der Waals surface area contributed by atoms with Crippen molar-refractivity contribution in [3.05, 3.63) is 46.0 Å². The Balaban J connectivity index is 2.29. The molecule has 2 heterocycles. The van der Waals surface area contributed by atoms with Gasteiger partial charge in [0.05, 0.1) is 5.56 Å². The molecule has 0 saturated carbocycles. The van der Waals surface area contributed by atoms with Crippen molar-refractivity contribution in [1.82, 2.24) is 14.3 Å². The third-order valence-electron chi connectivity index (χ3n) is 3.93. The van der Waals surface area contributed by atoms with Gasteiger partial charge in [0, 0.05) is 31.9 Å². The molecule has 0 aliphatic heterocycles. The van der Waals surface area contributed by atoms with Gasteiger partial charge in [0.1, 0.15) is 11.4 Å². The smallest absolute Gasteiger partial charge is 0.262 e. The Kier molecular flexibility index (Phi) is 5.00. The zero-order valence-electron chi connectivity index (χ0n) is 14.6. The molecule has 0 amide bonds. The molecule has 0 aliphatic rings. The number of carbonyl (C=O) groups is 1. The van der Waals surface area contributed by atoms with Gasteiger partial charge in [-0.1, -0.05) is 20.8 Å². The highest BCUT2D eigenvalue weighted by Crippen LogP contribution is 2.22. The second-order valence-corrected chi connectivity index (χ2v) is 7.17. The van der Waals surface area contributed by atoms with E-state index in [-0.39, 0.29) is 16.8 Å². The zero-order valence-corrected chi connectivity index (χ0v) is 14.6. The lowest BCUT2D eigenvalue weighted by atomic mass is 9.88. The molecule has 0 N–H and O–H groups in total. The van der Waals surface area contributed by atoms with Gasteiger partial charge in [-0.05, 0) is 37.1 Å². The standard InChI is InChI=1S/C18H25N3O2/c1-13(22)6-8-20(5)12-14-11-19-16-10-15(18(2,3)4)7-9-21(16)17(14)23/h7,9-11H,6,8,12H2,1-5H3. The van der Waals surface area contributed by atoms with Crippen molar-refractivity contribution < 1.29 is 4.79 Å². The molecule has 0 aromatic carbocycles. The maximum atomic E-state index is 12.6.